The van der Waals surface area contributed by atoms with Crippen molar-refractivity contribution in [1.82, 2.24) is 0 Å². The Morgan fingerprint density at radius 1 is 1.35 bits per heavy atom. The number of carbonyl (C=O) groups is 1. The molecule has 4 heteroatoms. The van der Waals surface area contributed by atoms with E-state index in [2.05, 4.69) is 4.74 Å². The summed E-state index contributed by atoms with van der Waals surface area (Å²) >= 11 is 0. The van der Waals surface area contributed by atoms with E-state index in [1.165, 1.54) is 7.11 Å². The van der Waals surface area contributed by atoms with Crippen molar-refractivity contribution in [2.75, 3.05) is 13.7 Å². The van der Waals surface area contributed by atoms with Gasteiger partial charge in [-0.15, -0.1) is 0 Å². The summed E-state index contributed by atoms with van der Waals surface area (Å²) in [4.78, 5) is 10.9. The van der Waals surface area contributed by atoms with Crippen molar-refractivity contribution < 1.29 is 14.3 Å². The van der Waals surface area contributed by atoms with Gasteiger partial charge < -0.3 is 15.2 Å². The van der Waals surface area contributed by atoms with E-state index >= 15 is 0 Å². The maximum absolute atomic E-state index is 10.9. The van der Waals surface area contributed by atoms with E-state index in [4.69, 9.17) is 10.5 Å². The minimum atomic E-state index is -0.207. The first-order chi connectivity index (χ1) is 8.13. The number of hydrogen-bond acceptors (Lipinski definition) is 4. The summed E-state index contributed by atoms with van der Waals surface area (Å²) in [5.41, 5.74) is 6.82. The summed E-state index contributed by atoms with van der Waals surface area (Å²) < 4.78 is 10.0. The van der Waals surface area contributed by atoms with Crippen molar-refractivity contribution in [3.05, 3.63) is 29.8 Å². The largest absolute Gasteiger partial charge is 0.494 e. The predicted octanol–water partition coefficient (Wildman–Crippen LogP) is 2.04. The van der Waals surface area contributed by atoms with Gasteiger partial charge in [0.25, 0.3) is 0 Å². The summed E-state index contributed by atoms with van der Waals surface area (Å²) in [6.45, 7) is 2.44. The van der Waals surface area contributed by atoms with Gasteiger partial charge in [-0.25, -0.2) is 0 Å². The van der Waals surface area contributed by atoms with Crippen LogP contribution in [-0.4, -0.2) is 19.7 Å². The molecule has 94 valence electrons. The Bertz CT molecular complexity index is 346. The van der Waals surface area contributed by atoms with Gasteiger partial charge in [-0.2, -0.15) is 0 Å². The maximum atomic E-state index is 10.9. The molecule has 0 fully saturated rings. The SMILES string of the molecule is COC(=O)CCCOc1ccc([C@H](C)N)cc1. The van der Waals surface area contributed by atoms with Crippen molar-refractivity contribution in [3.63, 3.8) is 0 Å². The van der Waals surface area contributed by atoms with Gasteiger partial charge in [0.2, 0.25) is 0 Å². The molecule has 1 aromatic rings. The molecular formula is C13H19NO3. The van der Waals surface area contributed by atoms with Crippen LogP contribution in [0.2, 0.25) is 0 Å². The molecule has 0 heterocycles. The number of rotatable bonds is 6. The Kier molecular flexibility index (Phi) is 5.49. The van der Waals surface area contributed by atoms with Crippen LogP contribution in [0.1, 0.15) is 31.4 Å². The first kappa shape index (κ1) is 13.5. The number of carbonyl (C=O) groups excluding carboxylic acids is 1. The number of nitrogens with two attached hydrogens (primary N) is 1. The Morgan fingerprint density at radius 3 is 2.53 bits per heavy atom. The molecule has 0 aliphatic carbocycles. The van der Waals surface area contributed by atoms with E-state index in [1.807, 2.05) is 31.2 Å². The van der Waals surface area contributed by atoms with Gasteiger partial charge >= 0.3 is 5.97 Å². The number of ether oxygens (including phenoxy) is 2. The fourth-order valence-corrected chi connectivity index (χ4v) is 1.38. The molecular weight excluding hydrogens is 218 g/mol. The third kappa shape index (κ3) is 4.87. The lowest BCUT2D eigenvalue weighted by Gasteiger charge is -2.08. The average Bonchev–Trinajstić information content (AvgIpc) is 2.34. The lowest BCUT2D eigenvalue weighted by molar-refractivity contribution is -0.140. The van der Waals surface area contributed by atoms with Gasteiger partial charge in [-0.3, -0.25) is 4.79 Å². The highest BCUT2D eigenvalue weighted by Gasteiger charge is 2.01. The predicted molar refractivity (Wildman–Crippen MR) is 65.8 cm³/mol. The normalized spacial score (nSPS) is 11.9. The second kappa shape index (κ2) is 6.91. The molecule has 2 N–H and O–H groups in total. The van der Waals surface area contributed by atoms with Gasteiger partial charge in [-0.1, -0.05) is 12.1 Å². The van der Waals surface area contributed by atoms with Gasteiger partial charge in [0, 0.05) is 12.5 Å². The third-order valence-corrected chi connectivity index (χ3v) is 2.43. The Labute approximate surface area is 102 Å². The molecule has 1 aromatic carbocycles. The van der Waals surface area contributed by atoms with E-state index in [9.17, 15) is 4.79 Å². The lowest BCUT2D eigenvalue weighted by atomic mass is 10.1. The van der Waals surface area contributed by atoms with Crippen LogP contribution < -0.4 is 10.5 Å². The van der Waals surface area contributed by atoms with Crippen LogP contribution in [-0.2, 0) is 9.53 Å². The highest BCUT2D eigenvalue weighted by Crippen LogP contribution is 2.16. The van der Waals surface area contributed by atoms with E-state index < -0.39 is 0 Å². The topological polar surface area (TPSA) is 61.5 Å². The second-order valence-electron chi connectivity index (χ2n) is 3.89. The molecule has 0 bridgehead atoms. The van der Waals surface area contributed by atoms with Crippen LogP contribution in [0.15, 0.2) is 24.3 Å². The van der Waals surface area contributed by atoms with Gasteiger partial charge in [0.15, 0.2) is 0 Å². The van der Waals surface area contributed by atoms with Crippen molar-refractivity contribution in [2.45, 2.75) is 25.8 Å². The van der Waals surface area contributed by atoms with Gasteiger partial charge in [0.05, 0.1) is 13.7 Å². The zero-order chi connectivity index (χ0) is 12.7. The van der Waals surface area contributed by atoms with Gasteiger partial charge in [-0.05, 0) is 31.0 Å². The first-order valence-corrected chi connectivity index (χ1v) is 5.68. The molecule has 0 saturated heterocycles. The number of methoxy groups -OCH3 is 1. The molecule has 0 aliphatic heterocycles. The van der Waals surface area contributed by atoms with Gasteiger partial charge in [0.1, 0.15) is 5.75 Å². The van der Waals surface area contributed by atoms with Crippen LogP contribution >= 0.6 is 0 Å². The monoisotopic (exact) mass is 237 g/mol. The van der Waals surface area contributed by atoms with Crippen LogP contribution in [0.25, 0.3) is 0 Å². The molecule has 0 aromatic heterocycles. The van der Waals surface area contributed by atoms with Crippen LogP contribution in [0.4, 0.5) is 0 Å². The molecule has 0 aliphatic rings. The number of hydrogen-bond donors (Lipinski definition) is 1. The standard InChI is InChI=1S/C13H19NO3/c1-10(14)11-5-7-12(8-6-11)17-9-3-4-13(15)16-2/h5-8,10H,3-4,9,14H2,1-2H3/t10-/m0/s1. The van der Waals surface area contributed by atoms with Crippen LogP contribution in [0.3, 0.4) is 0 Å². The zero-order valence-corrected chi connectivity index (χ0v) is 10.3. The fraction of sp³-hybridized carbons (Fsp3) is 0.462. The van der Waals surface area contributed by atoms with E-state index in [0.717, 1.165) is 11.3 Å². The molecule has 0 amide bonds. The molecule has 1 atom stereocenters. The van der Waals surface area contributed by atoms with Crippen molar-refractivity contribution in [3.8, 4) is 5.75 Å². The molecule has 0 unspecified atom stereocenters. The molecule has 4 nitrogen and oxygen atoms in total. The van der Waals surface area contributed by atoms with Crippen molar-refractivity contribution in [1.29, 1.82) is 0 Å². The number of benzene rings is 1. The minimum absolute atomic E-state index is 0.0309. The highest BCUT2D eigenvalue weighted by molar-refractivity contribution is 5.69. The molecule has 0 spiro atoms. The Hall–Kier alpha value is -1.55. The summed E-state index contributed by atoms with van der Waals surface area (Å²) in [6.07, 6.45) is 1.04. The van der Waals surface area contributed by atoms with E-state index in [1.54, 1.807) is 0 Å². The summed E-state index contributed by atoms with van der Waals surface area (Å²) in [6, 6.07) is 7.69. The quantitative estimate of drug-likeness (QED) is 0.607. The van der Waals surface area contributed by atoms with Crippen LogP contribution in [0.5, 0.6) is 5.75 Å². The molecule has 0 radical (unpaired) electrons. The summed E-state index contributed by atoms with van der Waals surface area (Å²) in [5, 5.41) is 0. The second-order valence-corrected chi connectivity index (χ2v) is 3.89. The zero-order valence-electron chi connectivity index (χ0n) is 10.3. The molecule has 17 heavy (non-hydrogen) atoms. The summed E-state index contributed by atoms with van der Waals surface area (Å²) in [7, 11) is 1.38. The smallest absolute Gasteiger partial charge is 0.305 e. The highest BCUT2D eigenvalue weighted by atomic mass is 16.5. The van der Waals surface area contributed by atoms with E-state index in [-0.39, 0.29) is 12.0 Å². The van der Waals surface area contributed by atoms with Crippen molar-refractivity contribution in [2.24, 2.45) is 5.73 Å². The third-order valence-electron chi connectivity index (χ3n) is 2.43. The fourth-order valence-electron chi connectivity index (χ4n) is 1.38. The van der Waals surface area contributed by atoms with Crippen molar-refractivity contribution >= 4 is 5.97 Å². The summed E-state index contributed by atoms with van der Waals surface area (Å²) in [5.74, 6) is 0.583. The Balaban J connectivity index is 2.30. The van der Waals surface area contributed by atoms with Crippen LogP contribution in [0, 0.1) is 0 Å². The molecule has 1 rings (SSSR count). The molecule has 0 saturated carbocycles. The average molecular weight is 237 g/mol. The first-order valence-electron chi connectivity index (χ1n) is 5.68. The minimum Gasteiger partial charge on any atom is -0.494 e. The Morgan fingerprint density at radius 2 is 2.00 bits per heavy atom. The lowest BCUT2D eigenvalue weighted by Crippen LogP contribution is -2.06. The maximum Gasteiger partial charge on any atom is 0.305 e. The number of esters is 1. The van der Waals surface area contributed by atoms with E-state index in [0.29, 0.717) is 19.4 Å².